The predicted molar refractivity (Wildman–Crippen MR) is 104 cm³/mol. The SMILES string of the molecule is O.O=C(O)/C=C/C(=O)O.O=C(O)CCn1cc(Cc2ncc[nH]2)c2ccccc21. The lowest BCUT2D eigenvalue weighted by Gasteiger charge is -2.01. The molecule has 0 unspecified atom stereocenters. The maximum Gasteiger partial charge on any atom is 0.328 e. The van der Waals surface area contributed by atoms with Gasteiger partial charge in [0.15, 0.2) is 0 Å². The van der Waals surface area contributed by atoms with Crippen LogP contribution in [0.15, 0.2) is 55.0 Å². The molecular formula is C19H21N3O7. The lowest BCUT2D eigenvalue weighted by molar-refractivity contribution is -0.137. The molecule has 0 saturated carbocycles. The van der Waals surface area contributed by atoms with Gasteiger partial charge in [0.1, 0.15) is 5.82 Å². The molecule has 1 aromatic carbocycles. The molecule has 0 aliphatic rings. The molecule has 10 nitrogen and oxygen atoms in total. The van der Waals surface area contributed by atoms with E-state index in [1.54, 1.807) is 12.4 Å². The van der Waals surface area contributed by atoms with Crippen LogP contribution in [0.4, 0.5) is 0 Å². The van der Waals surface area contributed by atoms with Crippen molar-refractivity contribution in [3.63, 3.8) is 0 Å². The fraction of sp³-hybridized carbons (Fsp3) is 0.158. The van der Waals surface area contributed by atoms with Gasteiger partial charge in [-0.05, 0) is 11.6 Å². The first-order valence-corrected chi connectivity index (χ1v) is 8.27. The van der Waals surface area contributed by atoms with Crippen LogP contribution in [-0.2, 0) is 27.3 Å². The summed E-state index contributed by atoms with van der Waals surface area (Å²) >= 11 is 0. The van der Waals surface area contributed by atoms with Gasteiger partial charge in [0, 0.05) is 54.6 Å². The molecule has 3 rings (SSSR count). The average Bonchev–Trinajstić information content (AvgIpc) is 3.28. The smallest absolute Gasteiger partial charge is 0.328 e. The highest BCUT2D eigenvalue weighted by Gasteiger charge is 2.10. The van der Waals surface area contributed by atoms with Crippen LogP contribution in [0.1, 0.15) is 17.8 Å². The van der Waals surface area contributed by atoms with Gasteiger partial charge in [-0.1, -0.05) is 18.2 Å². The number of aromatic amines is 1. The molecule has 0 radical (unpaired) electrons. The third kappa shape index (κ3) is 7.31. The minimum Gasteiger partial charge on any atom is -0.481 e. The molecule has 0 aliphatic heterocycles. The number of benzene rings is 1. The molecule has 0 atom stereocenters. The van der Waals surface area contributed by atoms with E-state index in [1.165, 1.54) is 0 Å². The van der Waals surface area contributed by atoms with Crippen LogP contribution in [-0.4, -0.2) is 53.2 Å². The largest absolute Gasteiger partial charge is 0.481 e. The molecule has 154 valence electrons. The first kappa shape index (κ1) is 23.1. The van der Waals surface area contributed by atoms with Crippen molar-refractivity contribution in [3.05, 3.63) is 66.4 Å². The Balaban J connectivity index is 0.000000403. The zero-order valence-electron chi connectivity index (χ0n) is 15.3. The molecular weight excluding hydrogens is 382 g/mol. The number of carboxylic acids is 3. The molecule has 3 aromatic rings. The second-order valence-corrected chi connectivity index (χ2v) is 5.73. The third-order valence-corrected chi connectivity index (χ3v) is 3.72. The van der Waals surface area contributed by atoms with Crippen LogP contribution in [0.5, 0.6) is 0 Å². The number of aliphatic carboxylic acids is 3. The second kappa shape index (κ2) is 11.0. The summed E-state index contributed by atoms with van der Waals surface area (Å²) in [5.41, 5.74) is 2.22. The Bertz CT molecular complexity index is 975. The van der Waals surface area contributed by atoms with E-state index < -0.39 is 17.9 Å². The highest BCUT2D eigenvalue weighted by atomic mass is 16.4. The summed E-state index contributed by atoms with van der Waals surface area (Å²) in [6.45, 7) is 0.480. The summed E-state index contributed by atoms with van der Waals surface area (Å²) in [4.78, 5) is 37.2. The Morgan fingerprint density at radius 2 is 1.72 bits per heavy atom. The molecule has 0 amide bonds. The number of imidazole rings is 1. The zero-order chi connectivity index (χ0) is 20.5. The molecule has 0 fully saturated rings. The minimum atomic E-state index is -1.26. The maximum absolute atomic E-state index is 10.7. The van der Waals surface area contributed by atoms with Gasteiger partial charge in [0.05, 0.1) is 6.42 Å². The molecule has 2 aromatic heterocycles. The Labute approximate surface area is 165 Å². The maximum atomic E-state index is 10.7. The van der Waals surface area contributed by atoms with Crippen LogP contribution in [0, 0.1) is 0 Å². The highest BCUT2D eigenvalue weighted by Crippen LogP contribution is 2.23. The van der Waals surface area contributed by atoms with E-state index in [4.69, 9.17) is 15.3 Å². The minimum absolute atomic E-state index is 0. The number of H-pyrrole nitrogens is 1. The van der Waals surface area contributed by atoms with Gasteiger partial charge in [0.2, 0.25) is 0 Å². The summed E-state index contributed by atoms with van der Waals surface area (Å²) in [6, 6.07) is 8.04. The van der Waals surface area contributed by atoms with Crippen molar-refractivity contribution in [2.75, 3.05) is 0 Å². The Morgan fingerprint density at radius 1 is 1.07 bits per heavy atom. The molecule has 0 aliphatic carbocycles. The number of para-hydroxylation sites is 1. The van der Waals surface area contributed by atoms with E-state index in [2.05, 4.69) is 16.0 Å². The van der Waals surface area contributed by atoms with E-state index in [0.29, 0.717) is 25.1 Å². The standard InChI is InChI=1S/C15H15N3O2.C4H4O4.H2O/c19-15(20)5-8-18-10-11(9-14-16-6-7-17-14)12-3-1-2-4-13(12)18;5-3(6)1-2-4(7)8;/h1-4,6-7,10H,5,8-9H2,(H,16,17)(H,19,20);1-2H,(H,5,6)(H,7,8);1H2/b;2-1+;. The highest BCUT2D eigenvalue weighted by molar-refractivity contribution is 5.89. The average molecular weight is 403 g/mol. The van der Waals surface area contributed by atoms with E-state index in [1.807, 2.05) is 29.0 Å². The van der Waals surface area contributed by atoms with Crippen LogP contribution in [0.2, 0.25) is 0 Å². The van der Waals surface area contributed by atoms with Crippen LogP contribution in [0.25, 0.3) is 10.9 Å². The predicted octanol–water partition coefficient (Wildman–Crippen LogP) is 1.32. The third-order valence-electron chi connectivity index (χ3n) is 3.72. The van der Waals surface area contributed by atoms with Crippen molar-refractivity contribution in [2.24, 2.45) is 0 Å². The first-order chi connectivity index (χ1) is 13.4. The summed E-state index contributed by atoms with van der Waals surface area (Å²) < 4.78 is 2.00. The lowest BCUT2D eigenvalue weighted by Crippen LogP contribution is -2.03. The molecule has 6 N–H and O–H groups in total. The van der Waals surface area contributed by atoms with Crippen molar-refractivity contribution in [1.82, 2.24) is 14.5 Å². The number of hydrogen-bond donors (Lipinski definition) is 4. The zero-order valence-corrected chi connectivity index (χ0v) is 15.3. The topological polar surface area (TPSA) is 177 Å². The van der Waals surface area contributed by atoms with Gasteiger partial charge in [-0.25, -0.2) is 14.6 Å². The normalized spacial score (nSPS) is 10.2. The number of aryl methyl sites for hydroxylation is 1. The summed E-state index contributed by atoms with van der Waals surface area (Å²) in [6.07, 6.45) is 7.52. The number of carboxylic acid groups (broad SMARTS) is 3. The Morgan fingerprint density at radius 3 is 2.28 bits per heavy atom. The summed E-state index contributed by atoms with van der Waals surface area (Å²) in [5.74, 6) is -2.39. The molecule has 0 bridgehead atoms. The van der Waals surface area contributed by atoms with Gasteiger partial charge >= 0.3 is 17.9 Å². The molecule has 29 heavy (non-hydrogen) atoms. The summed E-state index contributed by atoms with van der Waals surface area (Å²) in [7, 11) is 0. The van der Waals surface area contributed by atoms with E-state index >= 15 is 0 Å². The number of hydrogen-bond acceptors (Lipinski definition) is 4. The van der Waals surface area contributed by atoms with Crippen molar-refractivity contribution in [3.8, 4) is 0 Å². The Kier molecular flexibility index (Phi) is 8.80. The van der Waals surface area contributed by atoms with Crippen molar-refractivity contribution in [1.29, 1.82) is 0 Å². The molecule has 10 heteroatoms. The quantitative estimate of drug-likeness (QED) is 0.430. The van der Waals surface area contributed by atoms with Crippen LogP contribution in [0.3, 0.4) is 0 Å². The van der Waals surface area contributed by atoms with E-state index in [9.17, 15) is 14.4 Å². The van der Waals surface area contributed by atoms with Crippen molar-refractivity contribution < 1.29 is 35.2 Å². The summed E-state index contributed by atoms with van der Waals surface area (Å²) in [5, 5.41) is 25.6. The Hall–Kier alpha value is -3.92. The monoisotopic (exact) mass is 403 g/mol. The van der Waals surface area contributed by atoms with Crippen LogP contribution >= 0.6 is 0 Å². The second-order valence-electron chi connectivity index (χ2n) is 5.73. The van der Waals surface area contributed by atoms with Gasteiger partial charge < -0.3 is 30.3 Å². The van der Waals surface area contributed by atoms with E-state index in [0.717, 1.165) is 22.3 Å². The van der Waals surface area contributed by atoms with Crippen LogP contribution < -0.4 is 0 Å². The van der Waals surface area contributed by atoms with Crippen molar-refractivity contribution >= 4 is 28.8 Å². The van der Waals surface area contributed by atoms with Gasteiger partial charge in [-0.15, -0.1) is 0 Å². The molecule has 0 saturated heterocycles. The van der Waals surface area contributed by atoms with Gasteiger partial charge in [-0.3, -0.25) is 4.79 Å². The number of aromatic nitrogens is 3. The van der Waals surface area contributed by atoms with Gasteiger partial charge in [0.25, 0.3) is 0 Å². The fourth-order valence-electron chi connectivity index (χ4n) is 2.58. The number of rotatable bonds is 7. The molecule has 2 heterocycles. The molecule has 0 spiro atoms. The number of nitrogens with one attached hydrogen (secondary N) is 1. The number of carbonyl (C=O) groups is 3. The van der Waals surface area contributed by atoms with Gasteiger partial charge in [-0.2, -0.15) is 0 Å². The van der Waals surface area contributed by atoms with E-state index in [-0.39, 0.29) is 11.9 Å². The lowest BCUT2D eigenvalue weighted by atomic mass is 10.1. The number of fused-ring (bicyclic) bond motifs is 1. The fourth-order valence-corrected chi connectivity index (χ4v) is 2.58. The first-order valence-electron chi connectivity index (χ1n) is 8.27. The number of nitrogens with zero attached hydrogens (tertiary/aromatic N) is 2. The van der Waals surface area contributed by atoms with Crippen molar-refractivity contribution in [2.45, 2.75) is 19.4 Å².